The first kappa shape index (κ1) is 12.4. The summed E-state index contributed by atoms with van der Waals surface area (Å²) < 4.78 is 5.80. The van der Waals surface area contributed by atoms with E-state index < -0.39 is 0 Å². The highest BCUT2D eigenvalue weighted by Gasteiger charge is 2.01. The Morgan fingerprint density at radius 1 is 1.13 bits per heavy atom. The number of benzene rings is 1. The summed E-state index contributed by atoms with van der Waals surface area (Å²) in [5.74, 6) is 2.30. The zero-order valence-corrected chi connectivity index (χ0v) is 10.7. The van der Waals surface area contributed by atoms with Crippen LogP contribution in [0.3, 0.4) is 0 Å². The largest absolute Gasteiger partial charge is 0.493 e. The standard InChI is InChI=1S/C13H20OS/c1-11-7-6-8-12(2)13(11)14-9-4-5-10-15-3/h6-8H,4-5,9-10H2,1-3H3. The minimum atomic E-state index is 0.840. The summed E-state index contributed by atoms with van der Waals surface area (Å²) in [5, 5.41) is 0. The van der Waals surface area contributed by atoms with Gasteiger partial charge in [-0.05, 0) is 49.8 Å². The van der Waals surface area contributed by atoms with Crippen LogP contribution in [0.15, 0.2) is 18.2 Å². The first-order chi connectivity index (χ1) is 7.25. The second-order valence-corrected chi connectivity index (χ2v) is 4.75. The summed E-state index contributed by atoms with van der Waals surface area (Å²) in [4.78, 5) is 0. The van der Waals surface area contributed by atoms with Crippen molar-refractivity contribution >= 4 is 11.8 Å². The van der Waals surface area contributed by atoms with Gasteiger partial charge >= 0.3 is 0 Å². The van der Waals surface area contributed by atoms with Crippen LogP contribution in [0.25, 0.3) is 0 Å². The number of thioether (sulfide) groups is 1. The van der Waals surface area contributed by atoms with Gasteiger partial charge in [0, 0.05) is 0 Å². The van der Waals surface area contributed by atoms with E-state index in [4.69, 9.17) is 4.74 Å². The normalized spacial score (nSPS) is 10.3. The predicted molar refractivity (Wildman–Crippen MR) is 69.0 cm³/mol. The Morgan fingerprint density at radius 3 is 2.40 bits per heavy atom. The fourth-order valence-electron chi connectivity index (χ4n) is 1.55. The summed E-state index contributed by atoms with van der Waals surface area (Å²) in [7, 11) is 0. The van der Waals surface area contributed by atoms with E-state index in [0.29, 0.717) is 0 Å². The van der Waals surface area contributed by atoms with Crippen molar-refractivity contribution in [2.24, 2.45) is 0 Å². The fourth-order valence-corrected chi connectivity index (χ4v) is 2.04. The van der Waals surface area contributed by atoms with Gasteiger partial charge in [0.05, 0.1) is 6.61 Å². The number of para-hydroxylation sites is 1. The molecule has 0 bridgehead atoms. The lowest BCUT2D eigenvalue weighted by molar-refractivity contribution is 0.306. The maximum atomic E-state index is 5.80. The Kier molecular flexibility index (Phi) is 5.62. The zero-order valence-electron chi connectivity index (χ0n) is 9.88. The summed E-state index contributed by atoms with van der Waals surface area (Å²) in [5.41, 5.74) is 2.47. The molecule has 0 unspecified atom stereocenters. The Bertz CT molecular complexity index is 276. The fraction of sp³-hybridized carbons (Fsp3) is 0.538. The van der Waals surface area contributed by atoms with Crippen molar-refractivity contribution in [3.8, 4) is 5.75 Å². The molecule has 1 aromatic carbocycles. The molecular weight excluding hydrogens is 204 g/mol. The third-order valence-corrected chi connectivity index (χ3v) is 3.09. The second-order valence-electron chi connectivity index (χ2n) is 3.77. The highest BCUT2D eigenvalue weighted by atomic mass is 32.2. The van der Waals surface area contributed by atoms with Crippen LogP contribution in [0.4, 0.5) is 0 Å². The molecule has 1 nitrogen and oxygen atoms in total. The number of rotatable bonds is 6. The molecule has 0 saturated carbocycles. The number of hydrogen-bond donors (Lipinski definition) is 0. The Hall–Kier alpha value is -0.630. The monoisotopic (exact) mass is 224 g/mol. The quantitative estimate of drug-likeness (QED) is 0.679. The molecule has 0 amide bonds. The van der Waals surface area contributed by atoms with Crippen LogP contribution in [0.2, 0.25) is 0 Å². The third kappa shape index (κ3) is 4.17. The molecule has 0 aliphatic rings. The van der Waals surface area contributed by atoms with E-state index >= 15 is 0 Å². The van der Waals surface area contributed by atoms with Crippen LogP contribution < -0.4 is 4.74 Å². The molecule has 84 valence electrons. The molecule has 0 fully saturated rings. The van der Waals surface area contributed by atoms with Gasteiger partial charge in [-0.15, -0.1) is 0 Å². The minimum absolute atomic E-state index is 0.840. The van der Waals surface area contributed by atoms with E-state index in [0.717, 1.165) is 18.8 Å². The number of hydrogen-bond acceptors (Lipinski definition) is 2. The molecule has 0 radical (unpaired) electrons. The first-order valence-corrected chi connectivity index (χ1v) is 6.83. The molecule has 0 saturated heterocycles. The summed E-state index contributed by atoms with van der Waals surface area (Å²) in [6.45, 7) is 5.04. The average molecular weight is 224 g/mol. The van der Waals surface area contributed by atoms with Gasteiger partial charge in [-0.25, -0.2) is 0 Å². The van der Waals surface area contributed by atoms with E-state index in [1.165, 1.54) is 23.3 Å². The van der Waals surface area contributed by atoms with Gasteiger partial charge in [0.15, 0.2) is 0 Å². The van der Waals surface area contributed by atoms with Crippen molar-refractivity contribution in [2.45, 2.75) is 26.7 Å². The van der Waals surface area contributed by atoms with Crippen molar-refractivity contribution in [3.05, 3.63) is 29.3 Å². The van der Waals surface area contributed by atoms with Crippen LogP contribution in [0.5, 0.6) is 5.75 Å². The molecule has 15 heavy (non-hydrogen) atoms. The number of unbranched alkanes of at least 4 members (excludes halogenated alkanes) is 1. The van der Waals surface area contributed by atoms with Crippen LogP contribution in [-0.4, -0.2) is 18.6 Å². The maximum Gasteiger partial charge on any atom is 0.125 e. The van der Waals surface area contributed by atoms with Crippen LogP contribution in [-0.2, 0) is 0 Å². The molecular formula is C13H20OS. The van der Waals surface area contributed by atoms with E-state index in [1.54, 1.807) is 0 Å². The average Bonchev–Trinajstić information content (AvgIpc) is 2.21. The zero-order chi connectivity index (χ0) is 11.1. The summed E-state index contributed by atoms with van der Waals surface area (Å²) in [6, 6.07) is 6.28. The maximum absolute atomic E-state index is 5.80. The molecule has 1 aromatic rings. The lowest BCUT2D eigenvalue weighted by atomic mass is 10.1. The lowest BCUT2D eigenvalue weighted by Crippen LogP contribution is -2.00. The molecule has 0 aliphatic carbocycles. The van der Waals surface area contributed by atoms with Crippen LogP contribution >= 0.6 is 11.8 Å². The van der Waals surface area contributed by atoms with Crippen LogP contribution in [0.1, 0.15) is 24.0 Å². The second kappa shape index (κ2) is 6.78. The molecule has 0 aromatic heterocycles. The van der Waals surface area contributed by atoms with E-state index in [9.17, 15) is 0 Å². The molecule has 2 heteroatoms. The smallest absolute Gasteiger partial charge is 0.125 e. The van der Waals surface area contributed by atoms with Gasteiger partial charge in [0.2, 0.25) is 0 Å². The van der Waals surface area contributed by atoms with E-state index in [-0.39, 0.29) is 0 Å². The van der Waals surface area contributed by atoms with Gasteiger partial charge in [0.25, 0.3) is 0 Å². The van der Waals surface area contributed by atoms with Crippen molar-refractivity contribution in [1.29, 1.82) is 0 Å². The molecule has 0 heterocycles. The predicted octanol–water partition coefficient (Wildman–Crippen LogP) is 3.83. The topological polar surface area (TPSA) is 9.23 Å². The number of ether oxygens (including phenoxy) is 1. The van der Waals surface area contributed by atoms with Gasteiger partial charge in [-0.3, -0.25) is 0 Å². The van der Waals surface area contributed by atoms with E-state index in [1.807, 2.05) is 11.8 Å². The molecule has 0 atom stereocenters. The summed E-state index contributed by atoms with van der Waals surface area (Å²) >= 11 is 1.90. The highest BCUT2D eigenvalue weighted by molar-refractivity contribution is 7.98. The molecule has 0 N–H and O–H groups in total. The lowest BCUT2D eigenvalue weighted by Gasteiger charge is -2.11. The highest BCUT2D eigenvalue weighted by Crippen LogP contribution is 2.22. The first-order valence-electron chi connectivity index (χ1n) is 5.43. The Balaban J connectivity index is 2.37. The molecule has 0 spiro atoms. The third-order valence-electron chi connectivity index (χ3n) is 2.40. The van der Waals surface area contributed by atoms with Gasteiger partial charge in [-0.1, -0.05) is 18.2 Å². The van der Waals surface area contributed by atoms with Crippen molar-refractivity contribution < 1.29 is 4.74 Å². The molecule has 1 rings (SSSR count). The van der Waals surface area contributed by atoms with Crippen molar-refractivity contribution in [2.75, 3.05) is 18.6 Å². The minimum Gasteiger partial charge on any atom is -0.493 e. The Labute approximate surface area is 97.2 Å². The SMILES string of the molecule is CSCCCCOc1c(C)cccc1C. The van der Waals surface area contributed by atoms with E-state index in [2.05, 4.69) is 38.3 Å². The van der Waals surface area contributed by atoms with Gasteiger partial charge in [-0.2, -0.15) is 11.8 Å². The van der Waals surface area contributed by atoms with Crippen LogP contribution in [0, 0.1) is 13.8 Å². The van der Waals surface area contributed by atoms with Crippen molar-refractivity contribution in [1.82, 2.24) is 0 Å². The van der Waals surface area contributed by atoms with Crippen molar-refractivity contribution in [3.63, 3.8) is 0 Å². The Morgan fingerprint density at radius 2 is 1.80 bits per heavy atom. The number of aryl methyl sites for hydroxylation is 2. The van der Waals surface area contributed by atoms with Gasteiger partial charge in [0.1, 0.15) is 5.75 Å². The molecule has 0 aliphatic heterocycles. The van der Waals surface area contributed by atoms with Gasteiger partial charge < -0.3 is 4.74 Å². The summed E-state index contributed by atoms with van der Waals surface area (Å²) in [6.07, 6.45) is 4.53.